The number of nitrogens with one attached hydrogen (secondary N) is 2. The zero-order valence-corrected chi connectivity index (χ0v) is 16.2. The molecule has 4 aromatic rings. The first-order valence-corrected chi connectivity index (χ1v) is 9.18. The lowest BCUT2D eigenvalue weighted by Gasteiger charge is -2.17. The topological polar surface area (TPSA) is 71.9 Å². The lowest BCUT2D eigenvalue weighted by molar-refractivity contribution is 0.415. The summed E-state index contributed by atoms with van der Waals surface area (Å²) in [5.41, 5.74) is 3.06. The van der Waals surface area contributed by atoms with E-state index in [1.807, 2.05) is 48.0 Å². The molecule has 2 heterocycles. The number of benzene rings is 2. The van der Waals surface area contributed by atoms with Crippen LogP contribution < -0.4 is 15.6 Å². The van der Waals surface area contributed by atoms with Gasteiger partial charge in [-0.05, 0) is 37.3 Å². The summed E-state index contributed by atoms with van der Waals surface area (Å²) in [5, 5.41) is 4.74. The SMILES string of the molecule is COc1cc2[nH]c(=O)c(C(C)Nc3cccc(-n4ccnc4)c3)cc2cc1Cl. The molecular formula is C21H19ClN4O2. The number of anilines is 1. The van der Waals surface area contributed by atoms with Gasteiger partial charge in [-0.2, -0.15) is 0 Å². The number of nitrogens with zero attached hydrogens (tertiary/aromatic N) is 2. The fourth-order valence-electron chi connectivity index (χ4n) is 3.20. The van der Waals surface area contributed by atoms with Crippen molar-refractivity contribution in [2.24, 2.45) is 0 Å². The summed E-state index contributed by atoms with van der Waals surface area (Å²) in [6, 6.07) is 13.1. The average molecular weight is 395 g/mol. The molecule has 0 aliphatic carbocycles. The maximum absolute atomic E-state index is 12.6. The van der Waals surface area contributed by atoms with Crippen molar-refractivity contribution >= 4 is 28.2 Å². The van der Waals surface area contributed by atoms with E-state index in [-0.39, 0.29) is 11.6 Å². The number of fused-ring (bicyclic) bond motifs is 1. The normalized spacial score (nSPS) is 12.1. The molecule has 0 amide bonds. The van der Waals surface area contributed by atoms with Crippen LogP contribution in [0.1, 0.15) is 18.5 Å². The van der Waals surface area contributed by atoms with Crippen LogP contribution in [0.15, 0.2) is 66.0 Å². The van der Waals surface area contributed by atoms with E-state index in [0.29, 0.717) is 21.9 Å². The number of aromatic amines is 1. The van der Waals surface area contributed by atoms with Crippen molar-refractivity contribution in [3.8, 4) is 11.4 Å². The Morgan fingerprint density at radius 2 is 2.11 bits per heavy atom. The third-order valence-corrected chi connectivity index (χ3v) is 4.94. The molecule has 7 heteroatoms. The third-order valence-electron chi connectivity index (χ3n) is 4.64. The van der Waals surface area contributed by atoms with Crippen molar-refractivity contribution in [2.75, 3.05) is 12.4 Å². The molecule has 0 saturated carbocycles. The van der Waals surface area contributed by atoms with Crippen LogP contribution in [0.4, 0.5) is 5.69 Å². The summed E-state index contributed by atoms with van der Waals surface area (Å²) in [6.07, 6.45) is 5.36. The van der Waals surface area contributed by atoms with Crippen LogP contribution in [-0.2, 0) is 0 Å². The lowest BCUT2D eigenvalue weighted by atomic mass is 10.1. The van der Waals surface area contributed by atoms with Crippen molar-refractivity contribution in [1.82, 2.24) is 14.5 Å². The van der Waals surface area contributed by atoms with E-state index in [1.54, 1.807) is 31.8 Å². The number of methoxy groups -OCH3 is 1. The Balaban J connectivity index is 1.65. The van der Waals surface area contributed by atoms with Crippen molar-refractivity contribution in [3.63, 3.8) is 0 Å². The van der Waals surface area contributed by atoms with Crippen molar-refractivity contribution in [1.29, 1.82) is 0 Å². The van der Waals surface area contributed by atoms with Gasteiger partial charge in [-0.1, -0.05) is 17.7 Å². The van der Waals surface area contributed by atoms with Gasteiger partial charge in [0.15, 0.2) is 0 Å². The van der Waals surface area contributed by atoms with Crippen molar-refractivity contribution < 1.29 is 4.74 Å². The molecule has 2 aromatic heterocycles. The highest BCUT2D eigenvalue weighted by atomic mass is 35.5. The number of imidazole rings is 1. The quantitative estimate of drug-likeness (QED) is 0.521. The molecule has 0 spiro atoms. The number of rotatable bonds is 5. The van der Waals surface area contributed by atoms with Crippen LogP contribution in [0, 0.1) is 0 Å². The number of H-pyrrole nitrogens is 1. The minimum Gasteiger partial charge on any atom is -0.495 e. The average Bonchev–Trinajstić information content (AvgIpc) is 3.22. The first kappa shape index (κ1) is 18.1. The number of hydrogen-bond donors (Lipinski definition) is 2. The van der Waals surface area contributed by atoms with E-state index in [9.17, 15) is 4.79 Å². The fraction of sp³-hybridized carbons (Fsp3) is 0.143. The molecule has 1 unspecified atom stereocenters. The van der Waals surface area contributed by atoms with Gasteiger partial charge in [0, 0.05) is 40.8 Å². The zero-order valence-electron chi connectivity index (χ0n) is 15.4. The molecule has 0 radical (unpaired) electrons. The largest absolute Gasteiger partial charge is 0.495 e. The second kappa shape index (κ2) is 7.40. The molecule has 6 nitrogen and oxygen atoms in total. The van der Waals surface area contributed by atoms with Crippen LogP contribution in [0.5, 0.6) is 5.75 Å². The van der Waals surface area contributed by atoms with E-state index in [0.717, 1.165) is 16.8 Å². The number of hydrogen-bond acceptors (Lipinski definition) is 4. The Morgan fingerprint density at radius 1 is 1.25 bits per heavy atom. The van der Waals surface area contributed by atoms with Gasteiger partial charge in [-0.15, -0.1) is 0 Å². The van der Waals surface area contributed by atoms with E-state index in [4.69, 9.17) is 16.3 Å². The highest BCUT2D eigenvalue weighted by Gasteiger charge is 2.13. The molecule has 142 valence electrons. The van der Waals surface area contributed by atoms with Crippen LogP contribution in [0.3, 0.4) is 0 Å². The molecule has 2 N–H and O–H groups in total. The van der Waals surface area contributed by atoms with Gasteiger partial charge in [0.05, 0.1) is 30.0 Å². The highest BCUT2D eigenvalue weighted by Crippen LogP contribution is 2.29. The minimum absolute atomic E-state index is 0.150. The van der Waals surface area contributed by atoms with E-state index in [1.165, 1.54) is 0 Å². The zero-order chi connectivity index (χ0) is 19.7. The molecular weight excluding hydrogens is 376 g/mol. The summed E-state index contributed by atoms with van der Waals surface area (Å²) in [6.45, 7) is 1.95. The molecule has 1 atom stereocenters. The first-order valence-electron chi connectivity index (χ1n) is 8.80. The summed E-state index contributed by atoms with van der Waals surface area (Å²) in [4.78, 5) is 19.6. The van der Waals surface area contributed by atoms with E-state index >= 15 is 0 Å². The maximum atomic E-state index is 12.6. The maximum Gasteiger partial charge on any atom is 0.253 e. The molecule has 0 saturated heterocycles. The number of ether oxygens (including phenoxy) is 1. The van der Waals surface area contributed by atoms with Crippen LogP contribution in [-0.4, -0.2) is 21.6 Å². The lowest BCUT2D eigenvalue weighted by Crippen LogP contribution is -2.19. The van der Waals surface area contributed by atoms with Crippen LogP contribution in [0.25, 0.3) is 16.6 Å². The standard InChI is InChI=1S/C21H19ClN4O2/c1-13(24-15-4-3-5-16(10-15)26-7-6-23-12-26)17-8-14-9-18(22)20(28-2)11-19(14)25-21(17)27/h3-13,24H,1-2H3,(H,25,27). The Bertz CT molecular complexity index is 1180. The number of pyridine rings is 1. The first-order chi connectivity index (χ1) is 13.5. The molecule has 0 aliphatic heterocycles. The Labute approximate surface area is 166 Å². The monoisotopic (exact) mass is 394 g/mol. The second-order valence-corrected chi connectivity index (χ2v) is 6.92. The highest BCUT2D eigenvalue weighted by molar-refractivity contribution is 6.32. The van der Waals surface area contributed by atoms with Gasteiger partial charge in [0.2, 0.25) is 0 Å². The van der Waals surface area contributed by atoms with Crippen molar-refractivity contribution in [3.05, 3.63) is 82.1 Å². The smallest absolute Gasteiger partial charge is 0.253 e. The Hall–Kier alpha value is -3.25. The van der Waals surface area contributed by atoms with Gasteiger partial charge in [0.25, 0.3) is 5.56 Å². The number of aromatic nitrogens is 3. The van der Waals surface area contributed by atoms with Gasteiger partial charge >= 0.3 is 0 Å². The summed E-state index contributed by atoms with van der Waals surface area (Å²) in [5.74, 6) is 0.528. The Morgan fingerprint density at radius 3 is 2.86 bits per heavy atom. The number of halogens is 1. The van der Waals surface area contributed by atoms with Gasteiger partial charge < -0.3 is 19.6 Å². The fourth-order valence-corrected chi connectivity index (χ4v) is 3.45. The molecule has 0 aliphatic rings. The molecule has 0 bridgehead atoms. The summed E-state index contributed by atoms with van der Waals surface area (Å²) >= 11 is 6.23. The minimum atomic E-state index is -0.202. The molecule has 28 heavy (non-hydrogen) atoms. The van der Waals surface area contributed by atoms with Gasteiger partial charge in [-0.3, -0.25) is 4.79 Å². The van der Waals surface area contributed by atoms with Crippen molar-refractivity contribution in [2.45, 2.75) is 13.0 Å². The predicted molar refractivity (Wildman–Crippen MR) is 112 cm³/mol. The third kappa shape index (κ3) is 3.46. The van der Waals surface area contributed by atoms with Gasteiger partial charge in [-0.25, -0.2) is 4.98 Å². The molecule has 4 rings (SSSR count). The second-order valence-electron chi connectivity index (χ2n) is 6.51. The van der Waals surface area contributed by atoms with Gasteiger partial charge in [0.1, 0.15) is 5.75 Å². The van der Waals surface area contributed by atoms with Crippen LogP contribution >= 0.6 is 11.6 Å². The van der Waals surface area contributed by atoms with E-state index < -0.39 is 0 Å². The summed E-state index contributed by atoms with van der Waals surface area (Å²) in [7, 11) is 1.55. The Kier molecular flexibility index (Phi) is 4.79. The molecule has 2 aromatic carbocycles. The predicted octanol–water partition coefficient (Wildman–Crippen LogP) is 4.55. The molecule has 0 fully saturated rings. The van der Waals surface area contributed by atoms with Crippen LogP contribution in [0.2, 0.25) is 5.02 Å². The van der Waals surface area contributed by atoms with E-state index in [2.05, 4.69) is 15.3 Å². The summed E-state index contributed by atoms with van der Waals surface area (Å²) < 4.78 is 7.14.